The summed E-state index contributed by atoms with van der Waals surface area (Å²) >= 11 is 0. The van der Waals surface area contributed by atoms with E-state index < -0.39 is 0 Å². The summed E-state index contributed by atoms with van der Waals surface area (Å²) in [5.41, 5.74) is 3.56. The van der Waals surface area contributed by atoms with Crippen LogP contribution >= 0.6 is 0 Å². The molecular weight excluding hydrogens is 424 g/mol. The van der Waals surface area contributed by atoms with Crippen LogP contribution in [0.15, 0.2) is 42.9 Å². The summed E-state index contributed by atoms with van der Waals surface area (Å²) in [5.74, 6) is 0.472. The van der Waals surface area contributed by atoms with Gasteiger partial charge in [0.15, 0.2) is 5.82 Å². The van der Waals surface area contributed by atoms with Gasteiger partial charge in [0, 0.05) is 63.6 Å². The lowest BCUT2D eigenvalue weighted by atomic mass is 10.1. The number of likely N-dealkylation sites (N-methyl/N-ethyl adjacent to an activating group) is 1. The first kappa shape index (κ1) is 22.5. The Hall–Kier alpha value is -3.66. The number of carbonyl (C=O) groups excluding carboxylic acids is 2. The summed E-state index contributed by atoms with van der Waals surface area (Å²) in [4.78, 5) is 34.3. The Bertz CT molecular complexity index is 1110. The monoisotopic (exact) mass is 452 g/mol. The molecule has 0 unspecified atom stereocenters. The van der Waals surface area contributed by atoms with E-state index in [-0.39, 0.29) is 18.2 Å². The van der Waals surface area contributed by atoms with E-state index in [0.29, 0.717) is 32.0 Å². The zero-order valence-electron chi connectivity index (χ0n) is 18.8. The van der Waals surface area contributed by atoms with Gasteiger partial charge in [-0.05, 0) is 23.8 Å². The Morgan fingerprint density at radius 2 is 1.97 bits per heavy atom. The molecule has 0 aliphatic carbocycles. The molecule has 0 bridgehead atoms. The van der Waals surface area contributed by atoms with Gasteiger partial charge in [0.1, 0.15) is 11.8 Å². The normalized spacial score (nSPS) is 14.1. The molecule has 0 radical (unpaired) electrons. The van der Waals surface area contributed by atoms with Gasteiger partial charge in [0.2, 0.25) is 0 Å². The molecule has 174 valence electrons. The van der Waals surface area contributed by atoms with Crippen molar-refractivity contribution < 1.29 is 19.1 Å². The van der Waals surface area contributed by atoms with Crippen LogP contribution in [0.4, 0.5) is 15.4 Å². The van der Waals surface area contributed by atoms with E-state index in [9.17, 15) is 9.59 Å². The minimum Gasteiger partial charge on any atom is -0.446 e. The Kier molecular flexibility index (Phi) is 7.04. The molecule has 1 aliphatic heterocycles. The summed E-state index contributed by atoms with van der Waals surface area (Å²) in [6.45, 7) is 1.80. The van der Waals surface area contributed by atoms with Gasteiger partial charge < -0.3 is 24.1 Å². The summed E-state index contributed by atoms with van der Waals surface area (Å²) < 4.78 is 12.7. The largest absolute Gasteiger partial charge is 0.446 e. The van der Waals surface area contributed by atoms with Gasteiger partial charge >= 0.3 is 12.1 Å². The van der Waals surface area contributed by atoms with E-state index >= 15 is 0 Å². The van der Waals surface area contributed by atoms with E-state index in [1.54, 1.807) is 25.2 Å². The summed E-state index contributed by atoms with van der Waals surface area (Å²) in [6.07, 6.45) is 7.27. The van der Waals surface area contributed by atoms with Crippen LogP contribution < -0.4 is 10.6 Å². The zero-order valence-corrected chi connectivity index (χ0v) is 18.8. The van der Waals surface area contributed by atoms with Crippen LogP contribution in [0.5, 0.6) is 0 Å². The van der Waals surface area contributed by atoms with Crippen molar-refractivity contribution in [1.82, 2.24) is 24.6 Å². The molecule has 3 amide bonds. The van der Waals surface area contributed by atoms with Gasteiger partial charge in [-0.1, -0.05) is 6.07 Å². The van der Waals surface area contributed by atoms with Gasteiger partial charge in [0.25, 0.3) is 0 Å². The molecule has 1 saturated heterocycles. The molecule has 3 aromatic heterocycles. The summed E-state index contributed by atoms with van der Waals surface area (Å²) in [6, 6.07) is 7.50. The predicted octanol–water partition coefficient (Wildman–Crippen LogP) is 2.94. The van der Waals surface area contributed by atoms with E-state index in [2.05, 4.69) is 20.6 Å². The number of imidazole rings is 1. The molecule has 1 fully saturated rings. The first-order valence-corrected chi connectivity index (χ1v) is 10.9. The van der Waals surface area contributed by atoms with Crippen LogP contribution in [0, 0.1) is 0 Å². The van der Waals surface area contributed by atoms with Crippen molar-refractivity contribution in [2.45, 2.75) is 25.4 Å². The second-order valence-corrected chi connectivity index (χ2v) is 7.92. The maximum Gasteiger partial charge on any atom is 0.409 e. The fraction of sp³-hybridized carbons (Fsp3) is 0.391. The minimum absolute atomic E-state index is 0.0606. The average molecular weight is 453 g/mol. The number of anilines is 1. The van der Waals surface area contributed by atoms with Gasteiger partial charge in [-0.3, -0.25) is 10.3 Å². The second kappa shape index (κ2) is 10.3. The zero-order chi connectivity index (χ0) is 23.2. The van der Waals surface area contributed by atoms with E-state index in [1.807, 2.05) is 41.1 Å². The fourth-order valence-electron chi connectivity index (χ4n) is 3.54. The first-order valence-electron chi connectivity index (χ1n) is 10.9. The highest BCUT2D eigenvalue weighted by Gasteiger charge is 2.20. The Labute approximate surface area is 191 Å². The molecule has 4 rings (SSSR count). The third kappa shape index (κ3) is 5.78. The number of nitrogens with zero attached hydrogens (tertiary/aromatic N) is 4. The Morgan fingerprint density at radius 1 is 1.18 bits per heavy atom. The van der Waals surface area contributed by atoms with Crippen LogP contribution in [0.25, 0.3) is 16.8 Å². The number of pyridine rings is 2. The van der Waals surface area contributed by atoms with Crippen molar-refractivity contribution in [3.05, 3.63) is 48.5 Å². The second-order valence-electron chi connectivity index (χ2n) is 7.92. The molecule has 0 aromatic carbocycles. The van der Waals surface area contributed by atoms with Gasteiger partial charge in [-0.25, -0.2) is 14.6 Å². The highest BCUT2D eigenvalue weighted by molar-refractivity contribution is 5.88. The minimum atomic E-state index is -0.319. The quantitative estimate of drug-likeness (QED) is 0.595. The van der Waals surface area contributed by atoms with E-state index in [0.717, 1.165) is 35.3 Å². The lowest BCUT2D eigenvalue weighted by molar-refractivity contribution is -0.00798. The first-order chi connectivity index (χ1) is 16.0. The lowest BCUT2D eigenvalue weighted by Crippen LogP contribution is -2.34. The van der Waals surface area contributed by atoms with Crippen molar-refractivity contribution in [3.8, 4) is 11.1 Å². The summed E-state index contributed by atoms with van der Waals surface area (Å²) in [5, 5.41) is 5.17. The smallest absolute Gasteiger partial charge is 0.409 e. The number of carbonyl (C=O) groups is 2. The van der Waals surface area contributed by atoms with Gasteiger partial charge in [0.05, 0.1) is 19.4 Å². The third-order valence-corrected chi connectivity index (χ3v) is 5.53. The molecule has 10 nitrogen and oxygen atoms in total. The molecule has 2 N–H and O–H groups in total. The maximum atomic E-state index is 12.3. The average Bonchev–Trinajstić information content (AvgIpc) is 3.24. The topological polar surface area (TPSA) is 110 Å². The van der Waals surface area contributed by atoms with Gasteiger partial charge in [-0.2, -0.15) is 0 Å². The van der Waals surface area contributed by atoms with Crippen molar-refractivity contribution in [1.29, 1.82) is 0 Å². The standard InChI is InChI=1S/C23H28N6O4/c1-24-22(30)27-20-15-29-14-17(4-6-21(29)26-20)16-3-5-18(25-13-16)7-10-28(2)23(31)33-19-8-11-32-12-9-19/h3-6,13-15,19H,7-12H2,1-2H3,(H2,24,27,30). The van der Waals surface area contributed by atoms with Crippen LogP contribution in [0.2, 0.25) is 0 Å². The number of fused-ring (bicyclic) bond motifs is 1. The molecule has 10 heteroatoms. The SMILES string of the molecule is CNC(=O)Nc1cn2cc(-c3ccc(CCN(C)C(=O)OC4CCOCC4)nc3)ccc2n1. The van der Waals surface area contributed by atoms with Crippen LogP contribution in [0.1, 0.15) is 18.5 Å². The fourth-order valence-corrected chi connectivity index (χ4v) is 3.54. The molecule has 33 heavy (non-hydrogen) atoms. The molecule has 4 heterocycles. The molecule has 0 spiro atoms. The molecule has 0 saturated carbocycles. The number of rotatable bonds is 6. The molecule has 1 aliphatic rings. The number of amides is 3. The number of ether oxygens (including phenoxy) is 2. The number of nitrogens with one attached hydrogen (secondary N) is 2. The van der Waals surface area contributed by atoms with Crippen molar-refractivity contribution in [2.24, 2.45) is 0 Å². The Morgan fingerprint density at radius 3 is 2.70 bits per heavy atom. The lowest BCUT2D eigenvalue weighted by Gasteiger charge is -2.25. The van der Waals surface area contributed by atoms with Crippen molar-refractivity contribution >= 4 is 23.6 Å². The summed E-state index contributed by atoms with van der Waals surface area (Å²) in [7, 11) is 3.29. The number of hydrogen-bond acceptors (Lipinski definition) is 6. The predicted molar refractivity (Wildman–Crippen MR) is 123 cm³/mol. The highest BCUT2D eigenvalue weighted by Crippen LogP contribution is 2.21. The number of hydrogen-bond donors (Lipinski definition) is 2. The van der Waals surface area contributed by atoms with Crippen molar-refractivity contribution in [3.63, 3.8) is 0 Å². The molecule has 0 atom stereocenters. The van der Waals surface area contributed by atoms with Crippen LogP contribution in [-0.4, -0.2) is 71.4 Å². The van der Waals surface area contributed by atoms with Crippen LogP contribution in [-0.2, 0) is 15.9 Å². The van der Waals surface area contributed by atoms with E-state index in [4.69, 9.17) is 9.47 Å². The molecular formula is C23H28N6O4. The number of aromatic nitrogens is 3. The van der Waals surface area contributed by atoms with Crippen LogP contribution in [0.3, 0.4) is 0 Å². The Balaban J connectivity index is 1.34. The third-order valence-electron chi connectivity index (χ3n) is 5.53. The molecule has 3 aromatic rings. The van der Waals surface area contributed by atoms with Crippen molar-refractivity contribution in [2.75, 3.05) is 39.2 Å². The maximum absolute atomic E-state index is 12.3. The van der Waals surface area contributed by atoms with Gasteiger partial charge in [-0.15, -0.1) is 0 Å². The number of urea groups is 1. The highest BCUT2D eigenvalue weighted by atomic mass is 16.6. The van der Waals surface area contributed by atoms with E-state index in [1.165, 1.54) is 0 Å².